The van der Waals surface area contributed by atoms with E-state index in [2.05, 4.69) is 20.1 Å². The molecule has 0 radical (unpaired) electrons. The number of anilines is 4. The van der Waals surface area contributed by atoms with Crippen LogP contribution in [0.3, 0.4) is 0 Å². The van der Waals surface area contributed by atoms with Crippen molar-refractivity contribution in [1.29, 1.82) is 0 Å². The highest BCUT2D eigenvalue weighted by Gasteiger charge is 2.24. The molecule has 8 N–H and O–H groups in total. The van der Waals surface area contributed by atoms with Crippen LogP contribution in [-0.4, -0.2) is 59.0 Å². The molecule has 0 aromatic heterocycles. The maximum Gasteiger partial charge on any atom is 0.323 e. The Kier molecular flexibility index (Phi) is 10.1. The lowest BCUT2D eigenvalue weighted by molar-refractivity contribution is 0.262. The van der Waals surface area contributed by atoms with E-state index in [4.69, 9.17) is 0 Å². The summed E-state index contributed by atoms with van der Waals surface area (Å²) in [5.74, 6) is -0.895. The molecule has 56 heavy (non-hydrogen) atoms. The van der Waals surface area contributed by atoms with Crippen LogP contribution in [0.4, 0.5) is 27.5 Å². The van der Waals surface area contributed by atoms with Crippen LogP contribution in [0.5, 0.6) is 11.5 Å². The summed E-state index contributed by atoms with van der Waals surface area (Å²) in [6, 6.07) is 18.6. The average molecular weight is 843 g/mol. The highest BCUT2D eigenvalue weighted by Crippen LogP contribution is 2.38. The molecule has 17 nitrogen and oxygen atoms in total. The largest absolute Gasteiger partial charge is 0.507 e. The Morgan fingerprint density at radius 1 is 0.500 bits per heavy atom. The molecule has 0 saturated carbocycles. The number of carbonyl (C=O) groups excluding carboxylic acids is 1. The molecule has 0 aliphatic rings. The lowest BCUT2D eigenvalue weighted by Gasteiger charge is -2.16. The minimum atomic E-state index is -4.71. The first-order chi connectivity index (χ1) is 26.1. The molecule has 0 atom stereocenters. The number of fused-ring (bicyclic) bond motifs is 2. The van der Waals surface area contributed by atoms with Gasteiger partial charge in [-0.1, -0.05) is 24.3 Å². The van der Waals surface area contributed by atoms with Gasteiger partial charge in [0.15, 0.2) is 0 Å². The van der Waals surface area contributed by atoms with Gasteiger partial charge in [-0.15, -0.1) is 0 Å². The first-order valence-electron chi connectivity index (χ1n) is 15.9. The zero-order valence-corrected chi connectivity index (χ0v) is 32.1. The van der Waals surface area contributed by atoms with Crippen molar-refractivity contribution < 1.29 is 57.8 Å². The number of hydrogen-bond acceptors (Lipinski definition) is 11. The summed E-state index contributed by atoms with van der Waals surface area (Å²) >= 11 is 0. The number of aromatic hydroxyl groups is 2. The summed E-state index contributed by atoms with van der Waals surface area (Å²) < 4.78 is 125. The highest BCUT2D eigenvalue weighted by atomic mass is 32.2. The van der Waals surface area contributed by atoms with E-state index in [1.54, 1.807) is 0 Å². The van der Waals surface area contributed by atoms with Crippen LogP contribution in [0.2, 0.25) is 0 Å². The standard InChI is InChI=1S/C35H30N4O13S4/c1-19-17-21(53(43,44)38-27-7-3-5-23-31(55(47,48)49)15-13-29(40)33(23)27)9-11-25(19)36-35(42)37-26-12-10-22(18-20(26)2)54(45,46)39-28-8-4-6-24-32(56(50,51)52)16-14-30(41)34(24)28/h3-18,38-41H,1-2H3,(H2,36,37,42)(H,47,48,49)(H,50,51,52). The Morgan fingerprint density at radius 2 is 0.875 bits per heavy atom. The molecule has 292 valence electrons. The number of benzene rings is 6. The molecule has 6 aromatic rings. The van der Waals surface area contributed by atoms with Gasteiger partial charge in [-0.3, -0.25) is 18.5 Å². The van der Waals surface area contributed by atoms with Gasteiger partial charge in [0.05, 0.1) is 21.2 Å². The molecule has 0 saturated heterocycles. The van der Waals surface area contributed by atoms with Crippen molar-refractivity contribution in [1.82, 2.24) is 0 Å². The SMILES string of the molecule is Cc1cc(S(=O)(=O)Nc2cccc3c(S(=O)(=O)O)ccc(O)c23)ccc1NC(=O)Nc1ccc(S(=O)(=O)Nc2cccc3c(S(=O)(=O)O)ccc(O)c23)cc1C. The predicted molar refractivity (Wildman–Crippen MR) is 207 cm³/mol. The second-order valence-electron chi connectivity index (χ2n) is 12.3. The van der Waals surface area contributed by atoms with Crippen molar-refractivity contribution in [3.8, 4) is 11.5 Å². The summed E-state index contributed by atoms with van der Waals surface area (Å²) in [4.78, 5) is 11.4. The van der Waals surface area contributed by atoms with Crippen molar-refractivity contribution in [3.05, 3.63) is 108 Å². The van der Waals surface area contributed by atoms with Gasteiger partial charge in [0.2, 0.25) is 0 Å². The Bertz CT molecular complexity index is 2880. The Labute approximate surface area is 320 Å². The number of aryl methyl sites for hydroxylation is 2. The summed E-state index contributed by atoms with van der Waals surface area (Å²) in [5, 5.41) is 25.5. The zero-order valence-electron chi connectivity index (χ0n) is 28.8. The van der Waals surface area contributed by atoms with Gasteiger partial charge in [0.25, 0.3) is 40.3 Å². The Balaban J connectivity index is 1.18. The number of rotatable bonds is 10. The molecule has 6 aromatic carbocycles. The number of amides is 2. The number of urea groups is 1. The third-order valence-corrected chi connectivity index (χ3v) is 13.1. The lowest BCUT2D eigenvalue weighted by atomic mass is 10.1. The fourth-order valence-electron chi connectivity index (χ4n) is 5.91. The Hall–Kier alpha value is -5.97. The van der Waals surface area contributed by atoms with Crippen LogP contribution in [0.1, 0.15) is 11.1 Å². The van der Waals surface area contributed by atoms with Crippen molar-refractivity contribution in [2.45, 2.75) is 33.4 Å². The Morgan fingerprint density at radius 3 is 1.21 bits per heavy atom. The van der Waals surface area contributed by atoms with E-state index in [1.807, 2.05) is 0 Å². The minimum absolute atomic E-state index is 0.126. The van der Waals surface area contributed by atoms with Crippen molar-refractivity contribution >= 4 is 90.6 Å². The maximum absolute atomic E-state index is 13.4. The fourth-order valence-corrected chi connectivity index (χ4v) is 9.60. The molecular weight excluding hydrogens is 813 g/mol. The highest BCUT2D eigenvalue weighted by molar-refractivity contribution is 7.93. The van der Waals surface area contributed by atoms with Crippen molar-refractivity contribution in [3.63, 3.8) is 0 Å². The molecule has 0 unspecified atom stereocenters. The van der Waals surface area contributed by atoms with Gasteiger partial charge >= 0.3 is 6.03 Å². The predicted octanol–water partition coefficient (Wildman–Crippen LogP) is 5.76. The zero-order chi connectivity index (χ0) is 41.0. The number of sulfonamides is 2. The molecule has 0 aliphatic heterocycles. The summed E-state index contributed by atoms with van der Waals surface area (Å²) in [6.07, 6.45) is 0. The quantitative estimate of drug-likeness (QED) is 0.0763. The minimum Gasteiger partial charge on any atom is -0.507 e. The van der Waals surface area contributed by atoms with Crippen LogP contribution >= 0.6 is 0 Å². The third kappa shape index (κ3) is 7.89. The first-order valence-corrected chi connectivity index (χ1v) is 21.7. The van der Waals surface area contributed by atoms with Crippen LogP contribution in [0, 0.1) is 13.8 Å². The summed E-state index contributed by atoms with van der Waals surface area (Å²) in [6.45, 7) is 3.04. The van der Waals surface area contributed by atoms with Gasteiger partial charge in [0.1, 0.15) is 21.3 Å². The number of carbonyl (C=O) groups is 1. The fraction of sp³-hybridized carbons (Fsp3) is 0.0571. The van der Waals surface area contributed by atoms with Crippen molar-refractivity contribution in [2.24, 2.45) is 0 Å². The molecule has 21 heteroatoms. The van der Waals surface area contributed by atoms with Gasteiger partial charge in [-0.05, 0) is 97.8 Å². The normalized spacial score (nSPS) is 12.4. The summed E-state index contributed by atoms with van der Waals surface area (Å²) in [5.41, 5.74) is 0.695. The first kappa shape index (κ1) is 39.7. The van der Waals surface area contributed by atoms with E-state index in [9.17, 15) is 57.8 Å². The van der Waals surface area contributed by atoms with Crippen LogP contribution in [0.15, 0.2) is 117 Å². The molecule has 0 aliphatic carbocycles. The molecule has 0 spiro atoms. The van der Waals surface area contributed by atoms with E-state index in [-0.39, 0.29) is 54.1 Å². The smallest absolute Gasteiger partial charge is 0.323 e. The number of hydrogen-bond donors (Lipinski definition) is 8. The van der Waals surface area contributed by atoms with E-state index in [1.165, 1.54) is 86.6 Å². The molecule has 2 amide bonds. The van der Waals surface area contributed by atoms with Gasteiger partial charge in [-0.25, -0.2) is 21.6 Å². The topological polar surface area (TPSA) is 283 Å². The molecular formula is C35H30N4O13S4. The molecule has 6 rings (SSSR count). The van der Waals surface area contributed by atoms with Gasteiger partial charge < -0.3 is 20.8 Å². The van der Waals surface area contributed by atoms with Gasteiger partial charge in [0, 0.05) is 32.9 Å². The van der Waals surface area contributed by atoms with E-state index in [0.717, 1.165) is 24.3 Å². The summed E-state index contributed by atoms with van der Waals surface area (Å²) in [7, 11) is -18.1. The van der Waals surface area contributed by atoms with Gasteiger partial charge in [-0.2, -0.15) is 16.8 Å². The number of phenolic OH excluding ortho intramolecular Hbond substituents is 2. The lowest BCUT2D eigenvalue weighted by Crippen LogP contribution is -2.21. The van der Waals surface area contributed by atoms with Crippen molar-refractivity contribution in [2.75, 3.05) is 20.1 Å². The van der Waals surface area contributed by atoms with E-state index >= 15 is 0 Å². The number of phenols is 2. The third-order valence-electron chi connectivity index (χ3n) is 8.51. The maximum atomic E-state index is 13.4. The van der Waals surface area contributed by atoms with Crippen LogP contribution in [-0.2, 0) is 40.3 Å². The molecule has 0 heterocycles. The van der Waals surface area contributed by atoms with E-state index in [0.29, 0.717) is 11.1 Å². The number of nitrogens with one attached hydrogen (secondary N) is 4. The van der Waals surface area contributed by atoms with E-state index < -0.39 is 67.6 Å². The van der Waals surface area contributed by atoms with Crippen LogP contribution in [0.25, 0.3) is 21.5 Å². The second-order valence-corrected chi connectivity index (χ2v) is 18.5. The van der Waals surface area contributed by atoms with Crippen LogP contribution < -0.4 is 20.1 Å². The average Bonchev–Trinajstić information content (AvgIpc) is 3.09. The molecule has 0 fully saturated rings. The second kappa shape index (κ2) is 14.3. The molecule has 0 bridgehead atoms. The monoisotopic (exact) mass is 842 g/mol.